The van der Waals surface area contributed by atoms with Gasteiger partial charge in [0.15, 0.2) is 18.1 Å². The number of likely N-dealkylation sites (tertiary alicyclic amines) is 1. The van der Waals surface area contributed by atoms with Crippen LogP contribution in [-0.2, 0) is 14.3 Å². The van der Waals surface area contributed by atoms with Crippen molar-refractivity contribution in [1.82, 2.24) is 4.90 Å². The van der Waals surface area contributed by atoms with Crippen molar-refractivity contribution in [2.45, 2.75) is 44.2 Å². The van der Waals surface area contributed by atoms with Crippen molar-refractivity contribution in [3.63, 3.8) is 0 Å². The molecule has 0 radical (unpaired) electrons. The van der Waals surface area contributed by atoms with E-state index in [1.165, 1.54) is 33.5 Å². The fourth-order valence-corrected chi connectivity index (χ4v) is 4.54. The molecule has 2 amide bonds. The Morgan fingerprint density at radius 1 is 1.07 bits per heavy atom. The molecule has 9 heteroatoms. The Bertz CT molecular complexity index is 801. The molecule has 2 fully saturated rings. The molecule has 0 spiro atoms. The number of benzene rings is 1. The second-order valence-corrected chi connectivity index (χ2v) is 7.56. The normalized spacial score (nSPS) is 22.8. The van der Waals surface area contributed by atoms with Crippen LogP contribution in [0.15, 0.2) is 12.1 Å². The number of methoxy groups -OCH3 is 3. The molecule has 1 aliphatic heterocycles. The predicted octanol–water partition coefficient (Wildman–Crippen LogP) is 1.51. The maximum atomic E-state index is 13.5. The number of ether oxygens (including phenoxy) is 4. The number of esters is 1. The SMILES string of the molecule is COC(=O)C1CC2CCCCC2N1C(=O)c1cc(OC)c(OCC(N)=O)c(OC)c1. The second-order valence-electron chi connectivity index (χ2n) is 7.56. The van der Waals surface area contributed by atoms with Gasteiger partial charge in [-0.15, -0.1) is 0 Å². The van der Waals surface area contributed by atoms with E-state index in [-0.39, 0.29) is 41.7 Å². The van der Waals surface area contributed by atoms with E-state index in [0.29, 0.717) is 12.0 Å². The Labute approximate surface area is 175 Å². The van der Waals surface area contributed by atoms with Crippen molar-refractivity contribution in [2.24, 2.45) is 11.7 Å². The van der Waals surface area contributed by atoms with Gasteiger partial charge in [-0.3, -0.25) is 9.59 Å². The molecule has 164 valence electrons. The Morgan fingerprint density at radius 3 is 2.27 bits per heavy atom. The molecule has 1 saturated heterocycles. The first kappa shape index (κ1) is 21.7. The fraction of sp³-hybridized carbons (Fsp3) is 0.571. The van der Waals surface area contributed by atoms with E-state index in [4.69, 9.17) is 24.7 Å². The van der Waals surface area contributed by atoms with Crippen molar-refractivity contribution >= 4 is 17.8 Å². The van der Waals surface area contributed by atoms with Crippen molar-refractivity contribution in [1.29, 1.82) is 0 Å². The molecule has 1 aromatic rings. The number of amides is 2. The number of primary amides is 1. The Kier molecular flexibility index (Phi) is 6.69. The van der Waals surface area contributed by atoms with Gasteiger partial charge in [-0.05, 0) is 37.3 Å². The predicted molar refractivity (Wildman–Crippen MR) is 107 cm³/mol. The third-order valence-electron chi connectivity index (χ3n) is 5.86. The highest BCUT2D eigenvalue weighted by molar-refractivity contribution is 5.98. The van der Waals surface area contributed by atoms with Gasteiger partial charge in [-0.1, -0.05) is 12.8 Å². The monoisotopic (exact) mass is 420 g/mol. The maximum Gasteiger partial charge on any atom is 0.328 e. The average molecular weight is 420 g/mol. The molecule has 0 bridgehead atoms. The van der Waals surface area contributed by atoms with Gasteiger partial charge in [-0.25, -0.2) is 4.79 Å². The number of hydrogen-bond donors (Lipinski definition) is 1. The molecule has 2 N–H and O–H groups in total. The fourth-order valence-electron chi connectivity index (χ4n) is 4.54. The first-order chi connectivity index (χ1) is 14.4. The van der Waals surface area contributed by atoms with Crippen LogP contribution in [0.1, 0.15) is 42.5 Å². The number of rotatable bonds is 7. The van der Waals surface area contributed by atoms with Gasteiger partial charge in [0, 0.05) is 11.6 Å². The van der Waals surface area contributed by atoms with E-state index >= 15 is 0 Å². The van der Waals surface area contributed by atoms with Gasteiger partial charge in [0.2, 0.25) is 5.75 Å². The van der Waals surface area contributed by atoms with Crippen LogP contribution in [0, 0.1) is 5.92 Å². The van der Waals surface area contributed by atoms with E-state index in [9.17, 15) is 14.4 Å². The van der Waals surface area contributed by atoms with Crippen LogP contribution in [0.5, 0.6) is 17.2 Å². The number of fused-ring (bicyclic) bond motifs is 1. The first-order valence-corrected chi connectivity index (χ1v) is 9.98. The maximum absolute atomic E-state index is 13.5. The van der Waals surface area contributed by atoms with Crippen LogP contribution in [0.3, 0.4) is 0 Å². The van der Waals surface area contributed by atoms with Gasteiger partial charge in [0.1, 0.15) is 6.04 Å². The summed E-state index contributed by atoms with van der Waals surface area (Å²) >= 11 is 0. The molecule has 3 atom stereocenters. The molecular weight excluding hydrogens is 392 g/mol. The standard InChI is InChI=1S/C21H28N2O7/c1-27-16-9-13(10-17(28-2)19(16)30-11-18(22)24)20(25)23-14-7-5-4-6-12(14)8-15(23)21(26)29-3/h9-10,12,14-15H,4-8,11H2,1-3H3,(H2,22,24). The van der Waals surface area contributed by atoms with Crippen molar-refractivity contribution in [3.05, 3.63) is 17.7 Å². The van der Waals surface area contributed by atoms with Crippen LogP contribution >= 0.6 is 0 Å². The van der Waals surface area contributed by atoms with E-state index in [2.05, 4.69) is 0 Å². The molecule has 9 nitrogen and oxygen atoms in total. The van der Waals surface area contributed by atoms with Crippen LogP contribution in [0.4, 0.5) is 0 Å². The molecule has 3 unspecified atom stereocenters. The molecule has 30 heavy (non-hydrogen) atoms. The van der Waals surface area contributed by atoms with Gasteiger partial charge < -0.3 is 29.6 Å². The van der Waals surface area contributed by atoms with E-state index in [0.717, 1.165) is 25.7 Å². The van der Waals surface area contributed by atoms with Gasteiger partial charge in [-0.2, -0.15) is 0 Å². The summed E-state index contributed by atoms with van der Waals surface area (Å²) in [6.07, 6.45) is 4.58. The van der Waals surface area contributed by atoms with Gasteiger partial charge >= 0.3 is 5.97 Å². The van der Waals surface area contributed by atoms with Crippen molar-refractivity contribution < 1.29 is 33.3 Å². The van der Waals surface area contributed by atoms with Crippen LogP contribution in [0.25, 0.3) is 0 Å². The third-order valence-corrected chi connectivity index (χ3v) is 5.86. The molecule has 0 aromatic heterocycles. The van der Waals surface area contributed by atoms with Crippen LogP contribution in [-0.4, -0.2) is 62.7 Å². The molecule has 2 aliphatic rings. The summed E-state index contributed by atoms with van der Waals surface area (Å²) in [4.78, 5) is 38.7. The minimum atomic E-state index is -0.652. The molecule has 1 heterocycles. The zero-order valence-corrected chi connectivity index (χ0v) is 17.5. The number of nitrogens with two attached hydrogens (primary N) is 1. The highest BCUT2D eigenvalue weighted by atomic mass is 16.5. The summed E-state index contributed by atoms with van der Waals surface area (Å²) in [6, 6.07) is 2.42. The minimum absolute atomic E-state index is 0.00173. The summed E-state index contributed by atoms with van der Waals surface area (Å²) in [7, 11) is 4.18. The summed E-state index contributed by atoms with van der Waals surface area (Å²) in [5, 5.41) is 0. The number of hydrogen-bond acceptors (Lipinski definition) is 7. The van der Waals surface area contributed by atoms with E-state index in [1.807, 2.05) is 0 Å². The lowest BCUT2D eigenvalue weighted by molar-refractivity contribution is -0.145. The van der Waals surface area contributed by atoms with E-state index < -0.39 is 17.9 Å². The Morgan fingerprint density at radius 2 is 1.70 bits per heavy atom. The lowest BCUT2D eigenvalue weighted by Gasteiger charge is -2.33. The zero-order chi connectivity index (χ0) is 21.8. The van der Waals surface area contributed by atoms with Crippen LogP contribution < -0.4 is 19.9 Å². The highest BCUT2D eigenvalue weighted by Crippen LogP contribution is 2.43. The lowest BCUT2D eigenvalue weighted by atomic mass is 9.84. The lowest BCUT2D eigenvalue weighted by Crippen LogP contribution is -2.46. The Balaban J connectivity index is 1.97. The zero-order valence-electron chi connectivity index (χ0n) is 17.5. The smallest absolute Gasteiger partial charge is 0.328 e. The van der Waals surface area contributed by atoms with Gasteiger partial charge in [0.05, 0.1) is 21.3 Å². The number of carbonyl (C=O) groups is 3. The van der Waals surface area contributed by atoms with E-state index in [1.54, 1.807) is 4.90 Å². The minimum Gasteiger partial charge on any atom is -0.493 e. The molecular formula is C21H28N2O7. The second kappa shape index (κ2) is 9.23. The van der Waals surface area contributed by atoms with Crippen LogP contribution in [0.2, 0.25) is 0 Å². The summed E-state index contributed by atoms with van der Waals surface area (Å²) in [6.45, 7) is -0.361. The molecule has 1 aliphatic carbocycles. The first-order valence-electron chi connectivity index (χ1n) is 9.98. The third kappa shape index (κ3) is 4.15. The van der Waals surface area contributed by atoms with Crippen molar-refractivity contribution in [3.8, 4) is 17.2 Å². The largest absolute Gasteiger partial charge is 0.493 e. The average Bonchev–Trinajstić information content (AvgIpc) is 3.15. The summed E-state index contributed by atoms with van der Waals surface area (Å²) in [5.41, 5.74) is 5.45. The topological polar surface area (TPSA) is 117 Å². The molecule has 1 aromatic carbocycles. The Hall–Kier alpha value is -2.97. The number of nitrogens with zero attached hydrogens (tertiary/aromatic N) is 1. The quantitative estimate of drug-likeness (QED) is 0.665. The molecule has 3 rings (SSSR count). The summed E-state index contributed by atoms with van der Waals surface area (Å²) in [5.74, 6) is -0.428. The summed E-state index contributed by atoms with van der Waals surface area (Å²) < 4.78 is 21.1. The molecule has 1 saturated carbocycles. The highest BCUT2D eigenvalue weighted by Gasteiger charge is 2.48. The van der Waals surface area contributed by atoms with Crippen molar-refractivity contribution in [2.75, 3.05) is 27.9 Å². The number of carbonyl (C=O) groups excluding carboxylic acids is 3. The van der Waals surface area contributed by atoms with Gasteiger partial charge in [0.25, 0.3) is 11.8 Å².